The van der Waals surface area contributed by atoms with Gasteiger partial charge in [-0.3, -0.25) is 0 Å². The van der Waals surface area contributed by atoms with Gasteiger partial charge in [-0.15, -0.1) is 0 Å². The molecule has 2 atom stereocenters. The van der Waals surface area contributed by atoms with Gasteiger partial charge in [0.25, 0.3) is 0 Å². The molecule has 0 N–H and O–H groups in total. The molecule has 1 saturated carbocycles. The third-order valence-electron chi connectivity index (χ3n) is 1.64. The minimum atomic E-state index is 0.509. The highest BCUT2D eigenvalue weighted by atomic mass is 32.1. The zero-order valence-electron chi connectivity index (χ0n) is 4.52. The first-order valence-corrected chi connectivity index (χ1v) is 3.10. The number of thiol groups is 1. The quantitative estimate of drug-likeness (QED) is 0.361. The maximum Gasteiger partial charge on any atom is 0.0231 e. The molecule has 1 heteroatoms. The maximum atomic E-state index is 4.24. The Labute approximate surface area is 50.0 Å². The lowest BCUT2D eigenvalue weighted by molar-refractivity contribution is 0.501. The Morgan fingerprint density at radius 3 is 2.43 bits per heavy atom. The van der Waals surface area contributed by atoms with Gasteiger partial charge in [0.1, 0.15) is 0 Å². The van der Waals surface area contributed by atoms with Crippen LogP contribution in [0.2, 0.25) is 0 Å². The fourth-order valence-corrected chi connectivity index (χ4v) is 1.38. The third kappa shape index (κ3) is 0.697. The molecule has 1 fully saturated rings. The van der Waals surface area contributed by atoms with E-state index >= 15 is 0 Å². The molecule has 1 rings (SSSR count). The lowest BCUT2D eigenvalue weighted by Crippen LogP contribution is -2.24. The summed E-state index contributed by atoms with van der Waals surface area (Å²) in [5.41, 5.74) is 1.31. The standard InChI is InChI=1S/C6H10S/c1-4-3-6(7)5(4)2/h4,6-7H,2-3H2,1H3. The molecule has 7 heavy (non-hydrogen) atoms. The third-order valence-corrected chi connectivity index (χ3v) is 2.18. The van der Waals surface area contributed by atoms with E-state index in [0.717, 1.165) is 5.92 Å². The molecule has 2 unspecified atom stereocenters. The van der Waals surface area contributed by atoms with Crippen LogP contribution in [0.1, 0.15) is 13.3 Å². The molecule has 0 amide bonds. The molecule has 0 bridgehead atoms. The molecular formula is C6H10S. The van der Waals surface area contributed by atoms with Gasteiger partial charge in [-0.05, 0) is 12.3 Å². The van der Waals surface area contributed by atoms with Crippen LogP contribution < -0.4 is 0 Å². The Morgan fingerprint density at radius 2 is 2.43 bits per heavy atom. The van der Waals surface area contributed by atoms with Crippen LogP contribution in [0.25, 0.3) is 0 Å². The zero-order valence-corrected chi connectivity index (χ0v) is 5.41. The fourth-order valence-electron chi connectivity index (χ4n) is 0.806. The van der Waals surface area contributed by atoms with Gasteiger partial charge in [0, 0.05) is 5.25 Å². The van der Waals surface area contributed by atoms with E-state index in [1.54, 1.807) is 0 Å². The Hall–Kier alpha value is 0.0900. The summed E-state index contributed by atoms with van der Waals surface area (Å²) < 4.78 is 0. The SMILES string of the molecule is C=C1C(C)CC1S. The van der Waals surface area contributed by atoms with Crippen LogP contribution in [-0.2, 0) is 0 Å². The highest BCUT2D eigenvalue weighted by Gasteiger charge is 2.25. The monoisotopic (exact) mass is 114 g/mol. The van der Waals surface area contributed by atoms with Crippen molar-refractivity contribution in [1.82, 2.24) is 0 Å². The second-order valence-corrected chi connectivity index (χ2v) is 2.85. The maximum absolute atomic E-state index is 4.24. The van der Waals surface area contributed by atoms with Gasteiger partial charge < -0.3 is 0 Å². The summed E-state index contributed by atoms with van der Waals surface area (Å²) in [4.78, 5) is 0. The summed E-state index contributed by atoms with van der Waals surface area (Å²) in [6.45, 7) is 6.04. The van der Waals surface area contributed by atoms with Crippen LogP contribution in [0.3, 0.4) is 0 Å². The number of hydrogen-bond donors (Lipinski definition) is 1. The van der Waals surface area contributed by atoms with Crippen LogP contribution in [0.5, 0.6) is 0 Å². The number of hydrogen-bond acceptors (Lipinski definition) is 1. The first-order chi connectivity index (χ1) is 3.22. The largest absolute Gasteiger partial charge is 0.171 e. The Morgan fingerprint density at radius 1 is 1.86 bits per heavy atom. The molecule has 0 aromatic rings. The molecule has 0 saturated heterocycles. The summed E-state index contributed by atoms with van der Waals surface area (Å²) in [6, 6.07) is 0. The molecule has 0 heterocycles. The number of rotatable bonds is 0. The van der Waals surface area contributed by atoms with E-state index in [4.69, 9.17) is 0 Å². The summed E-state index contributed by atoms with van der Waals surface area (Å²) >= 11 is 4.24. The molecule has 1 aliphatic carbocycles. The topological polar surface area (TPSA) is 0 Å². The average Bonchev–Trinajstić information content (AvgIpc) is 1.68. The lowest BCUT2D eigenvalue weighted by Gasteiger charge is -2.31. The van der Waals surface area contributed by atoms with Crippen molar-refractivity contribution in [1.29, 1.82) is 0 Å². The van der Waals surface area contributed by atoms with Crippen molar-refractivity contribution in [2.24, 2.45) is 5.92 Å². The lowest BCUT2D eigenvalue weighted by atomic mass is 9.82. The van der Waals surface area contributed by atoms with Gasteiger partial charge in [-0.1, -0.05) is 19.1 Å². The first kappa shape index (κ1) is 5.23. The Balaban J connectivity index is 2.44. The van der Waals surface area contributed by atoms with Gasteiger partial charge in [-0.2, -0.15) is 12.6 Å². The van der Waals surface area contributed by atoms with Gasteiger partial charge in [0.15, 0.2) is 0 Å². The zero-order chi connectivity index (χ0) is 5.44. The van der Waals surface area contributed by atoms with Crippen LogP contribution in [0.4, 0.5) is 0 Å². The van der Waals surface area contributed by atoms with Gasteiger partial charge in [0.2, 0.25) is 0 Å². The van der Waals surface area contributed by atoms with E-state index in [0.29, 0.717) is 5.25 Å². The van der Waals surface area contributed by atoms with Crippen molar-refractivity contribution < 1.29 is 0 Å². The van der Waals surface area contributed by atoms with Crippen LogP contribution in [-0.4, -0.2) is 5.25 Å². The summed E-state index contributed by atoms with van der Waals surface area (Å²) in [5.74, 6) is 0.738. The van der Waals surface area contributed by atoms with E-state index in [1.807, 2.05) is 0 Å². The molecule has 1 aliphatic rings. The van der Waals surface area contributed by atoms with E-state index in [9.17, 15) is 0 Å². The molecule has 0 aliphatic heterocycles. The fraction of sp³-hybridized carbons (Fsp3) is 0.667. The van der Waals surface area contributed by atoms with Gasteiger partial charge in [0.05, 0.1) is 0 Å². The predicted octanol–water partition coefficient (Wildman–Crippen LogP) is 1.88. The Bertz CT molecular complexity index is 86.4. The van der Waals surface area contributed by atoms with E-state index in [1.165, 1.54) is 12.0 Å². The smallest absolute Gasteiger partial charge is 0.0231 e. The van der Waals surface area contributed by atoms with Crippen molar-refractivity contribution in [2.75, 3.05) is 0 Å². The van der Waals surface area contributed by atoms with Crippen molar-refractivity contribution in [3.8, 4) is 0 Å². The Kier molecular flexibility index (Phi) is 1.16. The molecule has 0 aromatic heterocycles. The first-order valence-electron chi connectivity index (χ1n) is 2.58. The van der Waals surface area contributed by atoms with E-state index in [2.05, 4.69) is 26.1 Å². The van der Waals surface area contributed by atoms with E-state index in [-0.39, 0.29) is 0 Å². The molecule has 0 radical (unpaired) electrons. The van der Waals surface area contributed by atoms with Crippen molar-refractivity contribution in [3.63, 3.8) is 0 Å². The molecular weight excluding hydrogens is 104 g/mol. The van der Waals surface area contributed by atoms with Crippen molar-refractivity contribution >= 4 is 12.6 Å². The normalized spacial score (nSPS) is 40.6. The van der Waals surface area contributed by atoms with Crippen molar-refractivity contribution in [3.05, 3.63) is 12.2 Å². The summed E-state index contributed by atoms with van der Waals surface area (Å²) in [7, 11) is 0. The molecule has 40 valence electrons. The van der Waals surface area contributed by atoms with Crippen LogP contribution >= 0.6 is 12.6 Å². The van der Waals surface area contributed by atoms with Crippen molar-refractivity contribution in [2.45, 2.75) is 18.6 Å². The van der Waals surface area contributed by atoms with Crippen LogP contribution in [0.15, 0.2) is 12.2 Å². The summed E-state index contributed by atoms with van der Waals surface area (Å²) in [5, 5.41) is 0.509. The van der Waals surface area contributed by atoms with Gasteiger partial charge >= 0.3 is 0 Å². The second kappa shape index (κ2) is 1.55. The summed E-state index contributed by atoms with van der Waals surface area (Å²) in [6.07, 6.45) is 1.22. The average molecular weight is 114 g/mol. The van der Waals surface area contributed by atoms with Crippen LogP contribution in [0, 0.1) is 5.92 Å². The second-order valence-electron chi connectivity index (χ2n) is 2.23. The van der Waals surface area contributed by atoms with Gasteiger partial charge in [-0.25, -0.2) is 0 Å². The van der Waals surface area contributed by atoms with E-state index < -0.39 is 0 Å². The molecule has 0 spiro atoms. The highest BCUT2D eigenvalue weighted by molar-refractivity contribution is 7.81. The molecule has 0 nitrogen and oxygen atoms in total. The minimum Gasteiger partial charge on any atom is -0.171 e. The highest BCUT2D eigenvalue weighted by Crippen LogP contribution is 2.35. The minimum absolute atomic E-state index is 0.509. The molecule has 0 aromatic carbocycles. The predicted molar refractivity (Wildman–Crippen MR) is 35.7 cm³/mol.